The summed E-state index contributed by atoms with van der Waals surface area (Å²) in [7, 11) is -3.76. The zero-order chi connectivity index (χ0) is 18.6. The molecular formula is C19H18N2O4S. The highest BCUT2D eigenvalue weighted by Gasteiger charge is 2.16. The summed E-state index contributed by atoms with van der Waals surface area (Å²) in [4.78, 5) is 12.4. The summed E-state index contributed by atoms with van der Waals surface area (Å²) >= 11 is 0. The van der Waals surface area contributed by atoms with Gasteiger partial charge in [-0.1, -0.05) is 18.2 Å². The lowest BCUT2D eigenvalue weighted by molar-refractivity contribution is 0.102. The van der Waals surface area contributed by atoms with Gasteiger partial charge < -0.3 is 9.73 Å². The first-order valence-electron chi connectivity index (χ1n) is 7.94. The van der Waals surface area contributed by atoms with Gasteiger partial charge in [0.15, 0.2) is 0 Å². The Balaban J connectivity index is 1.75. The van der Waals surface area contributed by atoms with Crippen LogP contribution in [0.15, 0.2) is 76.2 Å². The summed E-state index contributed by atoms with van der Waals surface area (Å²) < 4.78 is 32.4. The molecule has 1 heterocycles. The first-order valence-corrected chi connectivity index (χ1v) is 9.42. The predicted octanol–water partition coefficient (Wildman–Crippen LogP) is 3.32. The van der Waals surface area contributed by atoms with Crippen molar-refractivity contribution in [3.8, 4) is 0 Å². The van der Waals surface area contributed by atoms with Crippen molar-refractivity contribution in [1.82, 2.24) is 4.72 Å². The third kappa shape index (κ3) is 4.38. The van der Waals surface area contributed by atoms with Crippen LogP contribution in [0, 0.1) is 6.92 Å². The molecule has 134 valence electrons. The molecule has 7 heteroatoms. The second-order valence-corrected chi connectivity index (χ2v) is 7.52. The van der Waals surface area contributed by atoms with Gasteiger partial charge in [0.1, 0.15) is 5.76 Å². The van der Waals surface area contributed by atoms with Gasteiger partial charge in [0.05, 0.1) is 17.7 Å². The van der Waals surface area contributed by atoms with Crippen LogP contribution in [0.2, 0.25) is 0 Å². The smallest absolute Gasteiger partial charge is 0.255 e. The van der Waals surface area contributed by atoms with Gasteiger partial charge in [-0.15, -0.1) is 0 Å². The number of benzene rings is 2. The SMILES string of the molecule is Cc1cccc(NC(=O)c2cccc(S(=O)(=O)NCc3ccco3)c2)c1. The van der Waals surface area contributed by atoms with E-state index in [1.165, 1.54) is 24.5 Å². The highest BCUT2D eigenvalue weighted by molar-refractivity contribution is 7.89. The zero-order valence-corrected chi connectivity index (χ0v) is 14.9. The van der Waals surface area contributed by atoms with Gasteiger partial charge in [0, 0.05) is 11.3 Å². The van der Waals surface area contributed by atoms with Crippen LogP contribution in [0.1, 0.15) is 21.7 Å². The summed E-state index contributed by atoms with van der Waals surface area (Å²) in [6, 6.07) is 16.6. The molecule has 1 aromatic heterocycles. The van der Waals surface area contributed by atoms with E-state index in [0.717, 1.165) is 5.56 Å². The molecule has 0 fully saturated rings. The highest BCUT2D eigenvalue weighted by atomic mass is 32.2. The minimum atomic E-state index is -3.76. The Morgan fingerprint density at radius 1 is 1.04 bits per heavy atom. The Hall–Kier alpha value is -2.90. The normalized spacial score (nSPS) is 11.3. The molecule has 0 aliphatic heterocycles. The molecule has 26 heavy (non-hydrogen) atoms. The van der Waals surface area contributed by atoms with E-state index in [-0.39, 0.29) is 22.9 Å². The maximum atomic E-state index is 12.4. The van der Waals surface area contributed by atoms with Gasteiger partial charge in [-0.3, -0.25) is 4.79 Å². The van der Waals surface area contributed by atoms with Gasteiger partial charge in [-0.25, -0.2) is 13.1 Å². The van der Waals surface area contributed by atoms with Crippen LogP contribution in [0.25, 0.3) is 0 Å². The van der Waals surface area contributed by atoms with Gasteiger partial charge in [-0.2, -0.15) is 0 Å². The summed E-state index contributed by atoms with van der Waals surface area (Å²) in [5, 5.41) is 2.76. The Morgan fingerprint density at radius 3 is 2.58 bits per heavy atom. The average molecular weight is 370 g/mol. The van der Waals surface area contributed by atoms with Crippen molar-refractivity contribution < 1.29 is 17.6 Å². The van der Waals surface area contributed by atoms with Gasteiger partial charge in [0.2, 0.25) is 10.0 Å². The average Bonchev–Trinajstić information content (AvgIpc) is 3.14. The molecule has 0 atom stereocenters. The second kappa shape index (κ2) is 7.55. The monoisotopic (exact) mass is 370 g/mol. The summed E-state index contributed by atoms with van der Waals surface area (Å²) in [5.74, 6) is 0.126. The lowest BCUT2D eigenvalue weighted by Gasteiger charge is -2.09. The van der Waals surface area contributed by atoms with Crippen molar-refractivity contribution in [2.45, 2.75) is 18.4 Å². The van der Waals surface area contributed by atoms with E-state index in [0.29, 0.717) is 11.4 Å². The van der Waals surface area contributed by atoms with E-state index in [9.17, 15) is 13.2 Å². The Morgan fingerprint density at radius 2 is 1.85 bits per heavy atom. The van der Waals surface area contributed by atoms with E-state index in [1.807, 2.05) is 25.1 Å². The number of rotatable bonds is 6. The summed E-state index contributed by atoms with van der Waals surface area (Å²) in [5.41, 5.74) is 1.92. The van der Waals surface area contributed by atoms with E-state index in [1.54, 1.807) is 24.3 Å². The molecule has 0 radical (unpaired) electrons. The van der Waals surface area contributed by atoms with Crippen molar-refractivity contribution in [3.63, 3.8) is 0 Å². The maximum Gasteiger partial charge on any atom is 0.255 e. The van der Waals surface area contributed by atoms with E-state index < -0.39 is 10.0 Å². The largest absolute Gasteiger partial charge is 0.468 e. The Labute approximate surface area is 151 Å². The fourth-order valence-electron chi connectivity index (χ4n) is 2.39. The topological polar surface area (TPSA) is 88.4 Å². The number of carbonyl (C=O) groups is 1. The van der Waals surface area contributed by atoms with Crippen molar-refractivity contribution >= 4 is 21.6 Å². The minimum absolute atomic E-state index is 0.0148. The molecule has 1 amide bonds. The van der Waals surface area contributed by atoms with Crippen LogP contribution in [0.5, 0.6) is 0 Å². The second-order valence-electron chi connectivity index (χ2n) is 5.76. The van der Waals surface area contributed by atoms with Crippen LogP contribution < -0.4 is 10.0 Å². The zero-order valence-electron chi connectivity index (χ0n) is 14.1. The van der Waals surface area contributed by atoms with Crippen LogP contribution in [-0.4, -0.2) is 14.3 Å². The van der Waals surface area contributed by atoms with Crippen molar-refractivity contribution in [2.24, 2.45) is 0 Å². The van der Waals surface area contributed by atoms with E-state index in [2.05, 4.69) is 10.0 Å². The summed E-state index contributed by atoms with van der Waals surface area (Å²) in [6.07, 6.45) is 1.47. The third-order valence-electron chi connectivity index (χ3n) is 3.70. The molecule has 0 saturated carbocycles. The number of amides is 1. The Kier molecular flexibility index (Phi) is 5.20. The first-order chi connectivity index (χ1) is 12.4. The number of sulfonamides is 1. The number of carbonyl (C=O) groups excluding carboxylic acids is 1. The van der Waals surface area contributed by atoms with Crippen LogP contribution in [-0.2, 0) is 16.6 Å². The standard InChI is InChI=1S/C19H18N2O4S/c1-14-5-2-7-16(11-14)21-19(22)15-6-3-9-18(12-15)26(23,24)20-13-17-8-4-10-25-17/h2-12,20H,13H2,1H3,(H,21,22). The van der Waals surface area contributed by atoms with Gasteiger partial charge in [-0.05, 0) is 55.0 Å². The van der Waals surface area contributed by atoms with Crippen molar-refractivity contribution in [3.05, 3.63) is 83.8 Å². The van der Waals surface area contributed by atoms with Crippen LogP contribution in [0.4, 0.5) is 5.69 Å². The van der Waals surface area contributed by atoms with E-state index >= 15 is 0 Å². The first kappa shape index (κ1) is 17.9. The molecule has 6 nitrogen and oxygen atoms in total. The predicted molar refractivity (Wildman–Crippen MR) is 98.3 cm³/mol. The Bertz CT molecular complexity index is 1010. The molecule has 0 saturated heterocycles. The number of furan rings is 1. The quantitative estimate of drug-likeness (QED) is 0.697. The molecule has 0 aliphatic carbocycles. The highest BCUT2D eigenvalue weighted by Crippen LogP contribution is 2.15. The van der Waals surface area contributed by atoms with Crippen LogP contribution >= 0.6 is 0 Å². The molecule has 0 unspecified atom stereocenters. The number of hydrogen-bond donors (Lipinski definition) is 2. The molecule has 0 spiro atoms. The molecule has 2 aromatic carbocycles. The molecule has 0 aliphatic rings. The molecule has 2 N–H and O–H groups in total. The summed E-state index contributed by atoms with van der Waals surface area (Å²) in [6.45, 7) is 1.96. The molecule has 3 aromatic rings. The number of anilines is 1. The fraction of sp³-hybridized carbons (Fsp3) is 0.105. The number of aryl methyl sites for hydroxylation is 1. The lowest BCUT2D eigenvalue weighted by atomic mass is 10.2. The molecular weight excluding hydrogens is 352 g/mol. The lowest BCUT2D eigenvalue weighted by Crippen LogP contribution is -2.23. The third-order valence-corrected chi connectivity index (χ3v) is 5.10. The number of hydrogen-bond acceptors (Lipinski definition) is 4. The van der Waals surface area contributed by atoms with Gasteiger partial charge in [0.25, 0.3) is 5.91 Å². The molecule has 3 rings (SSSR count). The minimum Gasteiger partial charge on any atom is -0.468 e. The maximum absolute atomic E-state index is 12.4. The van der Waals surface area contributed by atoms with Gasteiger partial charge >= 0.3 is 0 Å². The van der Waals surface area contributed by atoms with E-state index in [4.69, 9.17) is 4.42 Å². The number of nitrogens with one attached hydrogen (secondary N) is 2. The van der Waals surface area contributed by atoms with Crippen LogP contribution in [0.3, 0.4) is 0 Å². The van der Waals surface area contributed by atoms with Crippen molar-refractivity contribution in [1.29, 1.82) is 0 Å². The van der Waals surface area contributed by atoms with Crippen molar-refractivity contribution in [2.75, 3.05) is 5.32 Å². The molecule has 0 bridgehead atoms. The fourth-order valence-corrected chi connectivity index (χ4v) is 3.43.